The van der Waals surface area contributed by atoms with E-state index in [4.69, 9.17) is 4.74 Å². The van der Waals surface area contributed by atoms with E-state index in [2.05, 4.69) is 40.0 Å². The van der Waals surface area contributed by atoms with Crippen LogP contribution in [-0.2, 0) is 30.4 Å². The second-order valence-corrected chi connectivity index (χ2v) is 19.0. The van der Waals surface area contributed by atoms with Crippen molar-refractivity contribution in [1.29, 1.82) is 0 Å². The first-order valence-corrected chi connectivity index (χ1v) is 19.1. The molecule has 1 aliphatic carbocycles. The van der Waals surface area contributed by atoms with Gasteiger partial charge in [-0.05, 0) is 48.9 Å². The number of aromatic nitrogens is 4. The van der Waals surface area contributed by atoms with Gasteiger partial charge >= 0.3 is 12.4 Å². The van der Waals surface area contributed by atoms with Crippen LogP contribution < -0.4 is 10.9 Å². The third kappa shape index (κ3) is 8.22. The Morgan fingerprint density at radius 2 is 1.69 bits per heavy atom. The predicted octanol–water partition coefficient (Wildman–Crippen LogP) is 6.82. The van der Waals surface area contributed by atoms with Gasteiger partial charge in [-0.15, -0.1) is 0 Å². The lowest BCUT2D eigenvalue weighted by molar-refractivity contribution is -0.139. The number of halogens is 7. The van der Waals surface area contributed by atoms with Crippen LogP contribution in [-0.4, -0.2) is 57.8 Å². The summed E-state index contributed by atoms with van der Waals surface area (Å²) in [5.41, 5.74) is -3.74. The van der Waals surface area contributed by atoms with Crippen LogP contribution in [0.15, 0.2) is 35.5 Å². The molecule has 9 nitrogen and oxygen atoms in total. The van der Waals surface area contributed by atoms with Gasteiger partial charge in [0.25, 0.3) is 11.5 Å². The molecule has 2 atom stereocenters. The fourth-order valence-corrected chi connectivity index (χ4v) is 6.70. The van der Waals surface area contributed by atoms with Crippen molar-refractivity contribution in [1.82, 2.24) is 24.6 Å². The summed E-state index contributed by atoms with van der Waals surface area (Å²) in [6.45, 7) is 6.65. The summed E-state index contributed by atoms with van der Waals surface area (Å²) in [6.07, 6.45) is -5.21. The number of hydrogen-bond acceptors (Lipinski definition) is 7. The molecule has 0 spiro atoms. The third-order valence-electron chi connectivity index (χ3n) is 8.45. The predicted molar refractivity (Wildman–Crippen MR) is 164 cm³/mol. The number of alkyl halides is 6. The highest BCUT2D eigenvalue weighted by Gasteiger charge is 2.40. The summed E-state index contributed by atoms with van der Waals surface area (Å²) in [4.78, 5) is 34.8. The van der Waals surface area contributed by atoms with Gasteiger partial charge in [-0.2, -0.15) is 31.4 Å². The number of nitrogens with one attached hydrogen (secondary N) is 1. The number of fused-ring (bicyclic) bond motifs is 1. The summed E-state index contributed by atoms with van der Waals surface area (Å²) < 4.78 is 102. The van der Waals surface area contributed by atoms with Crippen LogP contribution in [0.3, 0.4) is 0 Å². The Hall–Kier alpha value is -3.86. The van der Waals surface area contributed by atoms with Crippen LogP contribution in [0, 0.1) is 11.7 Å². The molecule has 3 aromatic rings. The minimum atomic E-state index is -4.94. The maximum atomic E-state index is 15.0. The van der Waals surface area contributed by atoms with Crippen LogP contribution in [0.2, 0.25) is 25.7 Å². The zero-order chi connectivity index (χ0) is 35.0. The van der Waals surface area contributed by atoms with Crippen LogP contribution in [0.25, 0.3) is 11.4 Å². The molecule has 1 aromatic carbocycles. The fraction of sp³-hybridized carbons (Fsp3) is 0.516. The summed E-state index contributed by atoms with van der Waals surface area (Å²) in [7, 11) is -1.44. The fourth-order valence-electron chi connectivity index (χ4n) is 5.94. The molecule has 1 aliphatic heterocycles. The summed E-state index contributed by atoms with van der Waals surface area (Å²) in [6, 6.07) is 2.71. The van der Waals surface area contributed by atoms with Gasteiger partial charge in [0, 0.05) is 51.8 Å². The second-order valence-electron chi connectivity index (χ2n) is 13.4. The smallest absolute Gasteiger partial charge is 0.380 e. The van der Waals surface area contributed by atoms with E-state index in [1.165, 1.54) is 11.0 Å². The van der Waals surface area contributed by atoms with Crippen molar-refractivity contribution in [3.63, 3.8) is 0 Å². The van der Waals surface area contributed by atoms with Gasteiger partial charge in [-0.1, -0.05) is 26.1 Å². The van der Waals surface area contributed by atoms with Crippen molar-refractivity contribution in [2.24, 2.45) is 5.92 Å². The molecule has 1 amide bonds. The zero-order valence-electron chi connectivity index (χ0n) is 26.5. The van der Waals surface area contributed by atoms with Gasteiger partial charge in [0.15, 0.2) is 5.82 Å². The van der Waals surface area contributed by atoms with Gasteiger partial charge in [-0.3, -0.25) is 9.59 Å². The lowest BCUT2D eigenvalue weighted by atomic mass is 9.85. The Labute approximate surface area is 272 Å². The topological polar surface area (TPSA) is 102 Å². The molecule has 260 valence electrons. The van der Waals surface area contributed by atoms with Gasteiger partial charge in [0.05, 0.1) is 23.0 Å². The van der Waals surface area contributed by atoms with Gasteiger partial charge < -0.3 is 15.0 Å². The molecule has 0 unspecified atom stereocenters. The average molecular weight is 701 g/mol. The first-order valence-electron chi connectivity index (χ1n) is 15.4. The Balaban J connectivity index is 1.25. The number of anilines is 1. The Kier molecular flexibility index (Phi) is 10.0. The summed E-state index contributed by atoms with van der Waals surface area (Å²) >= 11 is 0. The van der Waals surface area contributed by atoms with Crippen molar-refractivity contribution in [2.45, 2.75) is 83.0 Å². The number of benzene rings is 1. The van der Waals surface area contributed by atoms with Crippen LogP contribution >= 0.6 is 0 Å². The number of carbonyl (C=O) groups excluding carboxylic acids is 1. The molecule has 1 saturated carbocycles. The van der Waals surface area contributed by atoms with E-state index in [1.54, 1.807) is 0 Å². The van der Waals surface area contributed by atoms with E-state index < -0.39 is 67.3 Å². The lowest BCUT2D eigenvalue weighted by Gasteiger charge is -2.33. The molecule has 1 N–H and O–H groups in total. The molecule has 17 heteroatoms. The zero-order valence-corrected chi connectivity index (χ0v) is 27.5. The highest BCUT2D eigenvalue weighted by Crippen LogP contribution is 2.36. The minimum absolute atomic E-state index is 0.108. The first kappa shape index (κ1) is 35.4. The highest BCUT2D eigenvalue weighted by molar-refractivity contribution is 6.76. The number of rotatable bonds is 10. The summed E-state index contributed by atoms with van der Waals surface area (Å²) in [5.74, 6) is -1.66. The number of carbonyl (C=O) groups is 1. The number of ether oxygens (including phenoxy) is 1. The van der Waals surface area contributed by atoms with E-state index in [1.807, 2.05) is 0 Å². The van der Waals surface area contributed by atoms with Crippen molar-refractivity contribution in [2.75, 3.05) is 18.5 Å². The molecule has 48 heavy (non-hydrogen) atoms. The monoisotopic (exact) mass is 700 g/mol. The number of nitrogens with zero attached hydrogens (tertiary/aromatic N) is 5. The molecule has 1 fully saturated rings. The summed E-state index contributed by atoms with van der Waals surface area (Å²) in [5, 5.41) is 6.80. The van der Waals surface area contributed by atoms with E-state index in [0.29, 0.717) is 54.9 Å². The van der Waals surface area contributed by atoms with Crippen LogP contribution in [0.4, 0.5) is 36.4 Å². The van der Waals surface area contributed by atoms with Gasteiger partial charge in [0.1, 0.15) is 18.1 Å². The third-order valence-corrected chi connectivity index (χ3v) is 10.2. The van der Waals surface area contributed by atoms with E-state index in [0.717, 1.165) is 18.3 Å². The second kappa shape index (κ2) is 13.6. The first-order chi connectivity index (χ1) is 22.4. The SMILES string of the molecule is C[Si](C)(C)CCOCn1ncc(N[C@H]2CCC[C@@H](CN3Cc4cc(-c5ncc(C(F)(F)F)cn5)c(F)cc4C3=O)C2)c(C(F)(F)F)c1=O. The molecule has 2 aromatic heterocycles. The molecule has 2 aliphatic rings. The minimum Gasteiger partial charge on any atom is -0.380 e. The molecule has 5 rings (SSSR count). The Morgan fingerprint density at radius 3 is 2.33 bits per heavy atom. The van der Waals surface area contributed by atoms with Crippen molar-refractivity contribution >= 4 is 19.7 Å². The lowest BCUT2D eigenvalue weighted by Crippen LogP contribution is -2.37. The van der Waals surface area contributed by atoms with Crippen molar-refractivity contribution in [3.05, 3.63) is 69.1 Å². The van der Waals surface area contributed by atoms with Crippen LogP contribution in [0.5, 0.6) is 0 Å². The Morgan fingerprint density at radius 1 is 0.979 bits per heavy atom. The number of amides is 1. The normalized spacial score (nSPS) is 18.7. The van der Waals surface area contributed by atoms with E-state index in [-0.39, 0.29) is 36.0 Å². The van der Waals surface area contributed by atoms with Gasteiger partial charge in [0.2, 0.25) is 0 Å². The highest BCUT2D eigenvalue weighted by atomic mass is 28.3. The molecule has 0 radical (unpaired) electrons. The molecular weight excluding hydrogens is 665 g/mol. The largest absolute Gasteiger partial charge is 0.423 e. The molecule has 0 saturated heterocycles. The quantitative estimate of drug-likeness (QED) is 0.141. The van der Waals surface area contributed by atoms with E-state index >= 15 is 0 Å². The molecular formula is C31H35F7N6O3Si. The van der Waals surface area contributed by atoms with Crippen LogP contribution in [0.1, 0.15) is 52.7 Å². The van der Waals surface area contributed by atoms with Crippen molar-refractivity contribution in [3.8, 4) is 11.4 Å². The maximum absolute atomic E-state index is 15.0. The standard InChI is InChI=1S/C31H35F7N6O3Si/c1-48(2,3)8-7-47-17-44-29(46)26(31(36,37)38)25(14-41-44)42-21-6-4-5-18(9-21)15-43-16-19-10-23(24(32)11-22(19)28(43)45)27-39-12-20(13-40-27)30(33,34)35/h10-14,18,21,42H,4-9,15-17H2,1-3H3/t18-,21+/m1/s1. The van der Waals surface area contributed by atoms with Crippen molar-refractivity contribution < 1.29 is 40.3 Å². The Bertz CT molecular complexity index is 1710. The maximum Gasteiger partial charge on any atom is 0.423 e. The van der Waals surface area contributed by atoms with E-state index in [9.17, 15) is 40.3 Å². The molecule has 3 heterocycles. The van der Waals surface area contributed by atoms with Gasteiger partial charge in [-0.25, -0.2) is 19.0 Å². The average Bonchev–Trinajstić information content (AvgIpc) is 3.28. The molecule has 0 bridgehead atoms. The number of hydrogen-bond donors (Lipinski definition) is 1.